The van der Waals surface area contributed by atoms with Crippen molar-refractivity contribution < 1.29 is 1.43 Å². The van der Waals surface area contributed by atoms with Crippen molar-refractivity contribution in [3.8, 4) is 0 Å². The first-order valence-corrected chi connectivity index (χ1v) is 12.8. The van der Waals surface area contributed by atoms with E-state index in [9.17, 15) is 4.79 Å². The van der Waals surface area contributed by atoms with Crippen LogP contribution in [-0.4, -0.2) is 38.4 Å². The van der Waals surface area contributed by atoms with Crippen molar-refractivity contribution in [3.63, 3.8) is 0 Å². The second kappa shape index (κ2) is 10.1. The number of nitrogens with zero attached hydrogens (tertiary/aromatic N) is 4. The Morgan fingerprint density at radius 3 is 2.51 bits per heavy atom. The molecule has 35 heavy (non-hydrogen) atoms. The highest BCUT2D eigenvalue weighted by Gasteiger charge is 2.34. The molecular weight excluding hydrogens is 458 g/mol. The van der Waals surface area contributed by atoms with E-state index in [-0.39, 0.29) is 25.2 Å². The number of para-hydroxylation sites is 2. The Balaban J connectivity index is 0.00000304. The smallest absolute Gasteiger partial charge is 0.321 e. The number of H-pyrrole nitrogens is 1. The molecule has 0 aliphatic carbocycles. The number of aromatic amines is 1. The van der Waals surface area contributed by atoms with Gasteiger partial charge in [0.15, 0.2) is 5.84 Å². The van der Waals surface area contributed by atoms with Crippen LogP contribution in [0, 0.1) is 0 Å². The molecule has 184 valence electrons. The molecule has 0 bridgehead atoms. The predicted octanol–water partition coefficient (Wildman–Crippen LogP) is 4.22. The molecule has 0 saturated carbocycles. The molecule has 2 aromatic heterocycles. The molecule has 2 atom stereocenters. The summed E-state index contributed by atoms with van der Waals surface area (Å²) in [5, 5.41) is 10.1. The lowest BCUT2D eigenvalue weighted by molar-refractivity contribution is 0.154. The van der Waals surface area contributed by atoms with Gasteiger partial charge in [0.05, 0.1) is 23.1 Å². The van der Waals surface area contributed by atoms with Gasteiger partial charge in [-0.15, -0.1) is 0 Å². The Hall–Kier alpha value is -3.40. The molecule has 1 fully saturated rings. The van der Waals surface area contributed by atoms with E-state index >= 15 is 0 Å². The van der Waals surface area contributed by atoms with Gasteiger partial charge in [-0.3, -0.25) is 14.5 Å². The minimum absolute atomic E-state index is 0. The zero-order valence-electron chi connectivity index (χ0n) is 19.7. The van der Waals surface area contributed by atoms with Crippen LogP contribution in [0.1, 0.15) is 50.4 Å². The minimum atomic E-state index is -0.164. The van der Waals surface area contributed by atoms with E-state index in [0.29, 0.717) is 5.84 Å². The molecule has 0 unspecified atom stereocenters. The number of hydrogen-bond acceptors (Lipinski definition) is 6. The van der Waals surface area contributed by atoms with Crippen molar-refractivity contribution in [2.45, 2.75) is 37.9 Å². The molecule has 0 spiro atoms. The third kappa shape index (κ3) is 4.50. The Labute approximate surface area is 209 Å². The molecule has 0 amide bonds. The topological polar surface area (TPSA) is 109 Å². The summed E-state index contributed by atoms with van der Waals surface area (Å²) < 4.78 is 1.91. The Morgan fingerprint density at radius 1 is 1.11 bits per heavy atom. The number of hydrazine groups is 1. The van der Waals surface area contributed by atoms with Crippen LogP contribution >= 0.6 is 11.3 Å². The summed E-state index contributed by atoms with van der Waals surface area (Å²) in [5.74, 6) is 13.3. The van der Waals surface area contributed by atoms with Gasteiger partial charge in [0.1, 0.15) is 0 Å². The summed E-state index contributed by atoms with van der Waals surface area (Å²) in [7, 11) is 0. The second-order valence-corrected chi connectivity index (χ2v) is 9.80. The van der Waals surface area contributed by atoms with Crippen LogP contribution < -0.4 is 17.4 Å². The number of benzene rings is 2. The number of fused-ring (bicyclic) bond motifs is 1. The van der Waals surface area contributed by atoms with E-state index < -0.39 is 0 Å². The van der Waals surface area contributed by atoms with Crippen molar-refractivity contribution in [1.29, 1.82) is 0 Å². The number of nitrogens with one attached hydrogen (secondary N) is 1. The van der Waals surface area contributed by atoms with Gasteiger partial charge >= 0.3 is 5.69 Å². The van der Waals surface area contributed by atoms with E-state index in [0.717, 1.165) is 48.1 Å². The number of rotatable bonds is 6. The molecule has 1 saturated heterocycles. The monoisotopic (exact) mass is 491 g/mol. The SMILES string of the molecule is C[C@@H](c1ccccc1)N(N)/C(=N\N)[C@H](c1ccsc1)N1CCC(n2c(=O)[nH]c3ccccc32)CC1.[HH]. The molecular formula is C26H33N7OS. The lowest BCUT2D eigenvalue weighted by atomic mass is 9.98. The first-order chi connectivity index (χ1) is 17.1. The molecule has 0 radical (unpaired) electrons. The summed E-state index contributed by atoms with van der Waals surface area (Å²) in [5.41, 5.74) is 4.00. The van der Waals surface area contributed by atoms with E-state index in [1.807, 2.05) is 47.0 Å². The van der Waals surface area contributed by atoms with Crippen LogP contribution in [0.5, 0.6) is 0 Å². The second-order valence-electron chi connectivity index (χ2n) is 9.02. The van der Waals surface area contributed by atoms with Gasteiger partial charge in [0.25, 0.3) is 0 Å². The van der Waals surface area contributed by atoms with Crippen molar-refractivity contribution in [2.75, 3.05) is 13.1 Å². The maximum Gasteiger partial charge on any atom is 0.326 e. The molecule has 5 rings (SSSR count). The fraction of sp³-hybridized carbons (Fsp3) is 0.308. The van der Waals surface area contributed by atoms with Gasteiger partial charge in [-0.2, -0.15) is 16.4 Å². The van der Waals surface area contributed by atoms with Gasteiger partial charge in [0, 0.05) is 20.6 Å². The van der Waals surface area contributed by atoms with Crippen molar-refractivity contribution in [1.82, 2.24) is 19.5 Å². The van der Waals surface area contributed by atoms with E-state index in [1.165, 1.54) is 0 Å². The highest BCUT2D eigenvalue weighted by molar-refractivity contribution is 7.08. The Bertz CT molecular complexity index is 1340. The fourth-order valence-electron chi connectivity index (χ4n) is 5.16. The summed E-state index contributed by atoms with van der Waals surface area (Å²) >= 11 is 1.65. The number of hydrogen-bond donors (Lipinski definition) is 3. The van der Waals surface area contributed by atoms with Crippen molar-refractivity contribution in [2.24, 2.45) is 16.8 Å². The number of hydrazone groups is 1. The number of amidine groups is 1. The molecule has 4 aromatic rings. The number of thiophene rings is 1. The first kappa shape index (κ1) is 23.3. The van der Waals surface area contributed by atoms with Crippen LogP contribution in [-0.2, 0) is 0 Å². The highest BCUT2D eigenvalue weighted by atomic mass is 32.1. The normalized spacial score (nSPS) is 17.5. The van der Waals surface area contributed by atoms with Crippen LogP contribution in [0.25, 0.3) is 11.0 Å². The van der Waals surface area contributed by atoms with Crippen LogP contribution in [0.15, 0.2) is 81.3 Å². The average molecular weight is 492 g/mol. The molecule has 1 aliphatic rings. The Kier molecular flexibility index (Phi) is 6.72. The predicted molar refractivity (Wildman–Crippen MR) is 144 cm³/mol. The van der Waals surface area contributed by atoms with E-state index in [4.69, 9.17) is 11.7 Å². The minimum Gasteiger partial charge on any atom is -0.321 e. The molecule has 9 heteroatoms. The van der Waals surface area contributed by atoms with Crippen molar-refractivity contribution in [3.05, 3.63) is 93.0 Å². The standard InChI is InChI=1S/C26H31N7OS.H2/c1-18(19-7-3-2-4-8-19)33(28)25(30-27)24(20-13-16-35-17-20)31-14-11-21(12-15-31)32-23-10-6-5-9-22(23)29-26(32)34;/h2-10,13,16-18,21,24H,11-12,14-15,27-28H2,1H3,(H,29,34);1H/b30-25-;/t18-,24-;/m0./s1. The van der Waals surface area contributed by atoms with Gasteiger partial charge < -0.3 is 10.8 Å². The zero-order chi connectivity index (χ0) is 24.4. The number of piperidine rings is 1. The number of aromatic nitrogens is 2. The maximum absolute atomic E-state index is 12.7. The molecule has 5 N–H and O–H groups in total. The molecule has 8 nitrogen and oxygen atoms in total. The van der Waals surface area contributed by atoms with Gasteiger partial charge in [-0.25, -0.2) is 10.6 Å². The van der Waals surface area contributed by atoms with Gasteiger partial charge in [-0.05, 0) is 59.9 Å². The Morgan fingerprint density at radius 2 is 1.83 bits per heavy atom. The third-order valence-corrected chi connectivity index (χ3v) is 7.75. The zero-order valence-corrected chi connectivity index (χ0v) is 20.6. The lowest BCUT2D eigenvalue weighted by Crippen LogP contribution is -2.50. The largest absolute Gasteiger partial charge is 0.326 e. The average Bonchev–Trinajstić information content (AvgIpc) is 3.54. The van der Waals surface area contributed by atoms with Gasteiger partial charge in [0.2, 0.25) is 0 Å². The van der Waals surface area contributed by atoms with Crippen LogP contribution in [0.4, 0.5) is 0 Å². The molecule has 1 aliphatic heterocycles. The number of likely N-dealkylation sites (tertiary alicyclic amines) is 1. The summed E-state index contributed by atoms with van der Waals surface area (Å²) in [4.78, 5) is 18.1. The fourth-order valence-corrected chi connectivity index (χ4v) is 5.84. The third-order valence-electron chi connectivity index (χ3n) is 7.05. The highest BCUT2D eigenvalue weighted by Crippen LogP contribution is 2.33. The van der Waals surface area contributed by atoms with Gasteiger partial charge in [-0.1, -0.05) is 42.5 Å². The number of nitrogens with two attached hydrogens (primary N) is 2. The first-order valence-electron chi connectivity index (χ1n) is 11.9. The van der Waals surface area contributed by atoms with Crippen LogP contribution in [0.3, 0.4) is 0 Å². The summed E-state index contributed by atoms with van der Waals surface area (Å²) in [6, 6.07) is 20.0. The lowest BCUT2D eigenvalue weighted by Gasteiger charge is -2.40. The van der Waals surface area contributed by atoms with Crippen LogP contribution in [0.2, 0.25) is 0 Å². The van der Waals surface area contributed by atoms with E-state index in [2.05, 4.69) is 50.9 Å². The summed E-state index contributed by atoms with van der Waals surface area (Å²) in [6.07, 6.45) is 1.69. The van der Waals surface area contributed by atoms with E-state index in [1.54, 1.807) is 16.3 Å². The maximum atomic E-state index is 12.7. The molecule has 2 aromatic carbocycles. The number of imidazole rings is 1. The summed E-state index contributed by atoms with van der Waals surface area (Å²) in [6.45, 7) is 3.65. The molecule has 3 heterocycles. The quantitative estimate of drug-likeness (QED) is 0.162. The van der Waals surface area contributed by atoms with Crippen molar-refractivity contribution >= 4 is 28.2 Å².